The molecule has 1 atom stereocenters. The normalized spacial score (nSPS) is 11.9. The van der Waals surface area contributed by atoms with Crippen LogP contribution in [0.1, 0.15) is 17.2 Å². The summed E-state index contributed by atoms with van der Waals surface area (Å²) in [6, 6.07) is 14.6. The van der Waals surface area contributed by atoms with E-state index in [2.05, 4.69) is 15.6 Å². The van der Waals surface area contributed by atoms with Crippen molar-refractivity contribution in [3.63, 3.8) is 0 Å². The number of rotatable bonds is 5. The van der Waals surface area contributed by atoms with Gasteiger partial charge >= 0.3 is 0 Å². The monoisotopic (exact) mass is 296 g/mol. The molecule has 3 rings (SSSR count). The van der Waals surface area contributed by atoms with Crippen molar-refractivity contribution in [3.8, 4) is 11.5 Å². The second-order valence-electron chi connectivity index (χ2n) is 4.73. The Hall–Kier alpha value is -3.02. The molecule has 6 heteroatoms. The molecule has 0 radical (unpaired) electrons. The van der Waals surface area contributed by atoms with Crippen molar-refractivity contribution in [3.05, 3.63) is 72.3 Å². The van der Waals surface area contributed by atoms with Crippen LogP contribution in [-0.2, 0) is 0 Å². The number of phenolic OH excluding ortho intramolecular Hbond substituents is 1. The highest BCUT2D eigenvalue weighted by atomic mass is 16.5. The standard InChI is InChI=1S/C16H16N4O2/c1-22-15-9-5-3-7-13(15)16(19-20-10-17-18-11-20)12-6-2-4-8-14(12)21/h2-11,16,19,21H,1H3/t16-/m0/s1. The summed E-state index contributed by atoms with van der Waals surface area (Å²) in [6.07, 6.45) is 3.12. The van der Waals surface area contributed by atoms with E-state index in [-0.39, 0.29) is 11.8 Å². The van der Waals surface area contributed by atoms with E-state index in [1.807, 2.05) is 36.4 Å². The quantitative estimate of drug-likeness (QED) is 0.756. The van der Waals surface area contributed by atoms with Gasteiger partial charge in [-0.25, -0.2) is 4.68 Å². The first-order valence-corrected chi connectivity index (χ1v) is 6.81. The van der Waals surface area contributed by atoms with Crippen molar-refractivity contribution in [1.29, 1.82) is 0 Å². The van der Waals surface area contributed by atoms with Gasteiger partial charge in [-0.3, -0.25) is 0 Å². The number of hydrogen-bond donors (Lipinski definition) is 2. The Bertz CT molecular complexity index is 743. The van der Waals surface area contributed by atoms with Gasteiger partial charge in [0.25, 0.3) is 0 Å². The Morgan fingerprint density at radius 2 is 1.64 bits per heavy atom. The molecular weight excluding hydrogens is 280 g/mol. The lowest BCUT2D eigenvalue weighted by Gasteiger charge is -2.23. The molecule has 0 saturated heterocycles. The summed E-state index contributed by atoms with van der Waals surface area (Å²) >= 11 is 0. The highest BCUT2D eigenvalue weighted by Crippen LogP contribution is 2.34. The Labute approximate surface area is 128 Å². The SMILES string of the molecule is COc1ccccc1[C@@H](Nn1cnnc1)c1ccccc1O. The van der Waals surface area contributed by atoms with E-state index < -0.39 is 0 Å². The summed E-state index contributed by atoms with van der Waals surface area (Å²) in [4.78, 5) is 0. The van der Waals surface area contributed by atoms with Crippen LogP contribution in [0.2, 0.25) is 0 Å². The second-order valence-corrected chi connectivity index (χ2v) is 4.73. The summed E-state index contributed by atoms with van der Waals surface area (Å²) < 4.78 is 7.09. The number of hydrogen-bond acceptors (Lipinski definition) is 5. The number of phenols is 1. The minimum absolute atomic E-state index is 0.207. The predicted molar refractivity (Wildman–Crippen MR) is 82.3 cm³/mol. The Kier molecular flexibility index (Phi) is 3.91. The van der Waals surface area contributed by atoms with Gasteiger partial charge in [-0.2, -0.15) is 0 Å². The van der Waals surface area contributed by atoms with E-state index in [0.717, 1.165) is 16.9 Å². The lowest BCUT2D eigenvalue weighted by molar-refractivity contribution is 0.406. The van der Waals surface area contributed by atoms with Crippen molar-refractivity contribution in [2.75, 3.05) is 12.5 Å². The molecule has 0 unspecified atom stereocenters. The van der Waals surface area contributed by atoms with E-state index in [1.165, 1.54) is 0 Å². The Morgan fingerprint density at radius 1 is 1.00 bits per heavy atom. The summed E-state index contributed by atoms with van der Waals surface area (Å²) in [6.45, 7) is 0. The molecule has 1 aromatic heterocycles. The van der Waals surface area contributed by atoms with Crippen molar-refractivity contribution in [1.82, 2.24) is 14.9 Å². The number of aromatic hydroxyl groups is 1. The topological polar surface area (TPSA) is 72.2 Å². The van der Waals surface area contributed by atoms with E-state index in [1.54, 1.807) is 36.6 Å². The third-order valence-electron chi connectivity index (χ3n) is 3.39. The smallest absolute Gasteiger partial charge is 0.138 e. The number of benzene rings is 2. The molecule has 0 aliphatic carbocycles. The summed E-state index contributed by atoms with van der Waals surface area (Å²) in [5, 5.41) is 17.8. The van der Waals surface area contributed by atoms with Crippen molar-refractivity contribution in [2.24, 2.45) is 0 Å². The van der Waals surface area contributed by atoms with Crippen LogP contribution in [0.15, 0.2) is 61.2 Å². The lowest BCUT2D eigenvalue weighted by atomic mass is 9.97. The van der Waals surface area contributed by atoms with E-state index in [0.29, 0.717) is 0 Å². The highest BCUT2D eigenvalue weighted by Gasteiger charge is 2.21. The molecule has 6 nitrogen and oxygen atoms in total. The zero-order chi connectivity index (χ0) is 15.4. The third kappa shape index (κ3) is 2.71. The number of nitrogens with one attached hydrogen (secondary N) is 1. The average Bonchev–Trinajstić information content (AvgIpc) is 3.06. The Morgan fingerprint density at radius 3 is 2.32 bits per heavy atom. The van der Waals surface area contributed by atoms with Crippen molar-refractivity contribution < 1.29 is 9.84 Å². The summed E-state index contributed by atoms with van der Waals surface area (Å²) in [5.41, 5.74) is 4.90. The predicted octanol–water partition coefficient (Wildman–Crippen LogP) is 2.33. The molecule has 0 spiro atoms. The van der Waals surface area contributed by atoms with Gasteiger partial charge in [0.2, 0.25) is 0 Å². The van der Waals surface area contributed by atoms with Gasteiger partial charge < -0.3 is 15.3 Å². The minimum Gasteiger partial charge on any atom is -0.508 e. The molecule has 0 aliphatic rings. The van der Waals surface area contributed by atoms with Crippen LogP contribution >= 0.6 is 0 Å². The van der Waals surface area contributed by atoms with Gasteiger partial charge in [0, 0.05) is 11.1 Å². The van der Waals surface area contributed by atoms with Gasteiger partial charge in [-0.15, -0.1) is 10.2 Å². The zero-order valence-corrected chi connectivity index (χ0v) is 12.0. The molecule has 0 amide bonds. The fourth-order valence-corrected chi connectivity index (χ4v) is 2.36. The highest BCUT2D eigenvalue weighted by molar-refractivity contribution is 5.47. The van der Waals surface area contributed by atoms with Crippen LogP contribution in [-0.4, -0.2) is 27.1 Å². The van der Waals surface area contributed by atoms with Crippen LogP contribution in [0.4, 0.5) is 0 Å². The molecule has 2 N–H and O–H groups in total. The first-order chi connectivity index (χ1) is 10.8. The van der Waals surface area contributed by atoms with Gasteiger partial charge in [0.15, 0.2) is 0 Å². The van der Waals surface area contributed by atoms with Crippen LogP contribution in [0.25, 0.3) is 0 Å². The van der Waals surface area contributed by atoms with Crippen molar-refractivity contribution >= 4 is 0 Å². The molecule has 112 valence electrons. The third-order valence-corrected chi connectivity index (χ3v) is 3.39. The molecule has 3 aromatic rings. The molecule has 22 heavy (non-hydrogen) atoms. The van der Waals surface area contributed by atoms with Gasteiger partial charge in [0.1, 0.15) is 24.2 Å². The van der Waals surface area contributed by atoms with Crippen LogP contribution in [0.3, 0.4) is 0 Å². The average molecular weight is 296 g/mol. The first-order valence-electron chi connectivity index (χ1n) is 6.81. The number of para-hydroxylation sites is 2. The van der Waals surface area contributed by atoms with Gasteiger partial charge in [-0.1, -0.05) is 36.4 Å². The van der Waals surface area contributed by atoms with E-state index in [4.69, 9.17) is 4.74 Å². The molecular formula is C16H16N4O2. The molecule has 1 heterocycles. The maximum atomic E-state index is 10.2. The zero-order valence-electron chi connectivity index (χ0n) is 12.0. The largest absolute Gasteiger partial charge is 0.508 e. The molecule has 2 aromatic carbocycles. The number of nitrogens with zero attached hydrogens (tertiary/aromatic N) is 3. The molecule has 0 saturated carbocycles. The van der Waals surface area contributed by atoms with Gasteiger partial charge in [-0.05, 0) is 12.1 Å². The first kappa shape index (κ1) is 13.9. The molecule has 0 fully saturated rings. The number of ether oxygens (including phenoxy) is 1. The summed E-state index contributed by atoms with van der Waals surface area (Å²) in [5.74, 6) is 0.940. The maximum absolute atomic E-state index is 10.2. The van der Waals surface area contributed by atoms with E-state index >= 15 is 0 Å². The van der Waals surface area contributed by atoms with Crippen LogP contribution in [0.5, 0.6) is 11.5 Å². The number of aromatic nitrogens is 3. The fourth-order valence-electron chi connectivity index (χ4n) is 2.36. The Balaban J connectivity index is 2.08. The van der Waals surface area contributed by atoms with E-state index in [9.17, 15) is 5.11 Å². The fraction of sp³-hybridized carbons (Fsp3) is 0.125. The summed E-state index contributed by atoms with van der Waals surface area (Å²) in [7, 11) is 1.62. The van der Waals surface area contributed by atoms with Crippen LogP contribution < -0.4 is 10.2 Å². The minimum atomic E-state index is -0.312. The number of methoxy groups -OCH3 is 1. The van der Waals surface area contributed by atoms with Crippen molar-refractivity contribution in [2.45, 2.75) is 6.04 Å². The van der Waals surface area contributed by atoms with Gasteiger partial charge in [0.05, 0.1) is 13.2 Å². The maximum Gasteiger partial charge on any atom is 0.138 e. The molecule has 0 bridgehead atoms. The lowest BCUT2D eigenvalue weighted by Crippen LogP contribution is -2.21. The second kappa shape index (κ2) is 6.17. The van der Waals surface area contributed by atoms with Crippen LogP contribution in [0, 0.1) is 0 Å². The molecule has 0 aliphatic heterocycles.